The molecule has 1 aromatic carbocycles. The molecule has 2 unspecified atom stereocenters. The van der Waals surface area contributed by atoms with Crippen LogP contribution in [0.1, 0.15) is 18.5 Å². The van der Waals surface area contributed by atoms with Gasteiger partial charge in [0.15, 0.2) is 0 Å². The zero-order valence-electron chi connectivity index (χ0n) is 9.78. The summed E-state index contributed by atoms with van der Waals surface area (Å²) in [5.74, 6) is 0.871. The number of hydrogen-bond acceptors (Lipinski definition) is 3. The molecule has 1 N–H and O–H groups in total. The smallest absolute Gasteiger partial charge is 0.119 e. The average Bonchev–Trinajstić information content (AvgIpc) is 2.30. The van der Waals surface area contributed by atoms with Gasteiger partial charge in [-0.05, 0) is 31.7 Å². The van der Waals surface area contributed by atoms with E-state index in [-0.39, 0.29) is 12.1 Å². The monoisotopic (exact) mass is 209 g/mol. The summed E-state index contributed by atoms with van der Waals surface area (Å²) < 4.78 is 10.5. The van der Waals surface area contributed by atoms with Crippen LogP contribution in [0.15, 0.2) is 24.3 Å². The van der Waals surface area contributed by atoms with Gasteiger partial charge in [0.25, 0.3) is 0 Å². The Morgan fingerprint density at radius 1 is 1.27 bits per heavy atom. The molecular weight excluding hydrogens is 190 g/mol. The molecule has 1 rings (SSSR count). The minimum atomic E-state index is 0.127. The quantitative estimate of drug-likeness (QED) is 0.804. The van der Waals surface area contributed by atoms with Crippen LogP contribution < -0.4 is 10.1 Å². The van der Waals surface area contributed by atoms with Gasteiger partial charge in [-0.3, -0.25) is 0 Å². The molecule has 15 heavy (non-hydrogen) atoms. The second kappa shape index (κ2) is 5.73. The van der Waals surface area contributed by atoms with E-state index in [1.54, 1.807) is 14.2 Å². The summed E-state index contributed by atoms with van der Waals surface area (Å²) in [6.45, 7) is 2.04. The van der Waals surface area contributed by atoms with Gasteiger partial charge in [0.1, 0.15) is 5.75 Å². The van der Waals surface area contributed by atoms with Crippen molar-refractivity contribution in [1.82, 2.24) is 5.32 Å². The van der Waals surface area contributed by atoms with Gasteiger partial charge in [-0.2, -0.15) is 0 Å². The molecule has 0 aliphatic rings. The Morgan fingerprint density at radius 2 is 2.00 bits per heavy atom. The Kier molecular flexibility index (Phi) is 4.59. The molecular formula is C12H19NO2. The number of benzene rings is 1. The molecule has 0 bridgehead atoms. The lowest BCUT2D eigenvalue weighted by molar-refractivity contribution is 0.0856. The van der Waals surface area contributed by atoms with E-state index in [0.29, 0.717) is 0 Å². The molecule has 3 nitrogen and oxygen atoms in total. The fourth-order valence-corrected chi connectivity index (χ4v) is 1.64. The zero-order chi connectivity index (χ0) is 11.3. The van der Waals surface area contributed by atoms with Crippen molar-refractivity contribution in [2.24, 2.45) is 0 Å². The van der Waals surface area contributed by atoms with Gasteiger partial charge in [-0.25, -0.2) is 0 Å². The van der Waals surface area contributed by atoms with E-state index in [0.717, 1.165) is 5.75 Å². The number of likely N-dealkylation sites (N-methyl/N-ethyl adjacent to an activating group) is 1. The van der Waals surface area contributed by atoms with Crippen molar-refractivity contribution in [2.75, 3.05) is 21.3 Å². The van der Waals surface area contributed by atoms with Gasteiger partial charge in [0.05, 0.1) is 19.3 Å². The highest BCUT2D eigenvalue weighted by Gasteiger charge is 2.17. The fraction of sp³-hybridized carbons (Fsp3) is 0.500. The van der Waals surface area contributed by atoms with Crippen molar-refractivity contribution >= 4 is 0 Å². The van der Waals surface area contributed by atoms with Crippen LogP contribution in [0.2, 0.25) is 0 Å². The van der Waals surface area contributed by atoms with Crippen LogP contribution in [-0.2, 0) is 4.74 Å². The van der Waals surface area contributed by atoms with Crippen LogP contribution in [-0.4, -0.2) is 27.4 Å². The molecule has 1 aromatic rings. The van der Waals surface area contributed by atoms with Crippen LogP contribution in [0.25, 0.3) is 0 Å². The highest BCUT2D eigenvalue weighted by Crippen LogP contribution is 2.22. The summed E-state index contributed by atoms with van der Waals surface area (Å²) >= 11 is 0. The maximum Gasteiger partial charge on any atom is 0.119 e. The standard InChI is InChI=1S/C12H19NO2/c1-9(14-3)12(13-2)10-6-5-7-11(8-10)15-4/h5-9,12-13H,1-4H3. The summed E-state index contributed by atoms with van der Waals surface area (Å²) in [7, 11) is 5.32. The Morgan fingerprint density at radius 3 is 2.53 bits per heavy atom. The average molecular weight is 209 g/mol. The van der Waals surface area contributed by atoms with Gasteiger partial charge in [-0.1, -0.05) is 12.1 Å². The molecule has 0 aliphatic heterocycles. The number of hydrogen-bond donors (Lipinski definition) is 1. The Hall–Kier alpha value is -1.06. The first-order chi connectivity index (χ1) is 7.22. The van der Waals surface area contributed by atoms with E-state index in [2.05, 4.69) is 11.4 Å². The molecule has 84 valence electrons. The molecule has 0 saturated heterocycles. The Labute approximate surface area is 91.4 Å². The van der Waals surface area contributed by atoms with E-state index >= 15 is 0 Å². The van der Waals surface area contributed by atoms with E-state index < -0.39 is 0 Å². The molecule has 0 saturated carbocycles. The van der Waals surface area contributed by atoms with Crippen LogP contribution in [0, 0.1) is 0 Å². The van der Waals surface area contributed by atoms with Crippen molar-refractivity contribution in [3.63, 3.8) is 0 Å². The van der Waals surface area contributed by atoms with E-state index in [9.17, 15) is 0 Å². The Balaban J connectivity index is 2.91. The van der Waals surface area contributed by atoms with Crippen LogP contribution in [0.4, 0.5) is 0 Å². The minimum absolute atomic E-state index is 0.127. The molecule has 0 amide bonds. The fourth-order valence-electron chi connectivity index (χ4n) is 1.64. The highest BCUT2D eigenvalue weighted by molar-refractivity contribution is 5.31. The van der Waals surface area contributed by atoms with Gasteiger partial charge >= 0.3 is 0 Å². The first-order valence-corrected chi connectivity index (χ1v) is 5.07. The lowest BCUT2D eigenvalue weighted by Crippen LogP contribution is -2.28. The largest absolute Gasteiger partial charge is 0.497 e. The molecule has 0 aliphatic carbocycles. The second-order valence-corrected chi connectivity index (χ2v) is 3.48. The van der Waals surface area contributed by atoms with Crippen LogP contribution in [0.3, 0.4) is 0 Å². The normalized spacial score (nSPS) is 14.7. The van der Waals surface area contributed by atoms with Gasteiger partial charge in [0.2, 0.25) is 0 Å². The molecule has 2 atom stereocenters. The number of ether oxygens (including phenoxy) is 2. The summed E-state index contributed by atoms with van der Waals surface area (Å²) in [4.78, 5) is 0. The number of methoxy groups -OCH3 is 2. The highest BCUT2D eigenvalue weighted by atomic mass is 16.5. The van der Waals surface area contributed by atoms with Gasteiger partial charge in [-0.15, -0.1) is 0 Å². The molecule has 0 spiro atoms. The SMILES string of the molecule is CNC(c1cccc(OC)c1)C(C)OC. The summed E-state index contributed by atoms with van der Waals surface area (Å²) in [6, 6.07) is 8.20. The maximum absolute atomic E-state index is 5.33. The first kappa shape index (κ1) is 12.0. The zero-order valence-corrected chi connectivity index (χ0v) is 9.78. The van der Waals surface area contributed by atoms with Crippen LogP contribution >= 0.6 is 0 Å². The summed E-state index contributed by atoms with van der Waals surface area (Å²) in [5, 5.41) is 3.24. The van der Waals surface area contributed by atoms with Crippen molar-refractivity contribution in [2.45, 2.75) is 19.1 Å². The maximum atomic E-state index is 5.33. The van der Waals surface area contributed by atoms with E-state index in [1.807, 2.05) is 32.2 Å². The third-order valence-corrected chi connectivity index (χ3v) is 2.61. The molecule has 0 aromatic heterocycles. The third-order valence-electron chi connectivity index (χ3n) is 2.61. The predicted molar refractivity (Wildman–Crippen MR) is 61.3 cm³/mol. The number of rotatable bonds is 5. The second-order valence-electron chi connectivity index (χ2n) is 3.48. The molecule has 0 heterocycles. The lowest BCUT2D eigenvalue weighted by atomic mass is 10.0. The molecule has 3 heteroatoms. The first-order valence-electron chi connectivity index (χ1n) is 5.07. The van der Waals surface area contributed by atoms with E-state index in [1.165, 1.54) is 5.56 Å². The van der Waals surface area contributed by atoms with Crippen molar-refractivity contribution in [1.29, 1.82) is 0 Å². The molecule has 0 radical (unpaired) electrons. The topological polar surface area (TPSA) is 30.5 Å². The van der Waals surface area contributed by atoms with Crippen molar-refractivity contribution < 1.29 is 9.47 Å². The van der Waals surface area contributed by atoms with Crippen molar-refractivity contribution in [3.8, 4) is 5.75 Å². The lowest BCUT2D eigenvalue weighted by Gasteiger charge is -2.23. The Bertz CT molecular complexity index is 301. The van der Waals surface area contributed by atoms with E-state index in [4.69, 9.17) is 9.47 Å². The molecule has 0 fully saturated rings. The van der Waals surface area contributed by atoms with Crippen LogP contribution in [0.5, 0.6) is 5.75 Å². The number of nitrogens with one attached hydrogen (secondary N) is 1. The predicted octanol–water partition coefficient (Wildman–Crippen LogP) is 1.99. The third kappa shape index (κ3) is 2.94. The summed E-state index contributed by atoms with van der Waals surface area (Å²) in [5.41, 5.74) is 1.17. The summed E-state index contributed by atoms with van der Waals surface area (Å²) in [6.07, 6.45) is 0.127. The van der Waals surface area contributed by atoms with Gasteiger partial charge in [0, 0.05) is 7.11 Å². The van der Waals surface area contributed by atoms with Crippen molar-refractivity contribution in [3.05, 3.63) is 29.8 Å². The minimum Gasteiger partial charge on any atom is -0.497 e. The van der Waals surface area contributed by atoms with Gasteiger partial charge < -0.3 is 14.8 Å².